The van der Waals surface area contributed by atoms with Crippen LogP contribution in [-0.2, 0) is 21.1 Å². The number of allylic oxidation sites excluding steroid dienone is 1. The molecule has 0 bridgehead atoms. The van der Waals surface area contributed by atoms with Gasteiger partial charge in [0.25, 0.3) is 0 Å². The number of hydrogen-bond acceptors (Lipinski definition) is 4. The van der Waals surface area contributed by atoms with Gasteiger partial charge in [0.05, 0.1) is 28.6 Å². The molecule has 1 fully saturated rings. The SMILES string of the molecule is C=C(C)c1ccccc1CC[C@H](c1cccc(/C=C/c2ccc3ccc(Cl)cc3n2)c1)S(=O)(=O)CC1(CC(=O)O)CC1. The third-order valence-electron chi connectivity index (χ3n) is 7.98. The van der Waals surface area contributed by atoms with Crippen LogP contribution in [0.15, 0.2) is 85.4 Å². The highest BCUT2D eigenvalue weighted by molar-refractivity contribution is 7.91. The van der Waals surface area contributed by atoms with Gasteiger partial charge in [-0.15, -0.1) is 0 Å². The smallest absolute Gasteiger partial charge is 0.303 e. The molecule has 1 aromatic heterocycles. The zero-order valence-electron chi connectivity index (χ0n) is 23.6. The predicted molar refractivity (Wildman–Crippen MR) is 172 cm³/mol. The van der Waals surface area contributed by atoms with Crippen LogP contribution >= 0.6 is 11.6 Å². The van der Waals surface area contributed by atoms with Crippen LogP contribution < -0.4 is 0 Å². The van der Waals surface area contributed by atoms with Gasteiger partial charge in [-0.25, -0.2) is 13.4 Å². The van der Waals surface area contributed by atoms with Crippen LogP contribution in [0.4, 0.5) is 0 Å². The summed E-state index contributed by atoms with van der Waals surface area (Å²) in [5, 5.41) is 10.3. The van der Waals surface area contributed by atoms with Crippen molar-refractivity contribution in [3.63, 3.8) is 0 Å². The molecule has 0 unspecified atom stereocenters. The molecule has 0 radical (unpaired) electrons. The summed E-state index contributed by atoms with van der Waals surface area (Å²) in [6, 6.07) is 25.0. The second-order valence-corrected chi connectivity index (χ2v) is 14.0. The van der Waals surface area contributed by atoms with E-state index in [-0.39, 0.29) is 12.2 Å². The van der Waals surface area contributed by atoms with E-state index in [9.17, 15) is 18.3 Å². The Kier molecular flexibility index (Phi) is 8.67. The van der Waals surface area contributed by atoms with Crippen LogP contribution in [0.1, 0.15) is 65.8 Å². The minimum Gasteiger partial charge on any atom is -0.481 e. The molecule has 1 aliphatic carbocycles. The third-order valence-corrected chi connectivity index (χ3v) is 10.6. The van der Waals surface area contributed by atoms with E-state index >= 15 is 0 Å². The largest absolute Gasteiger partial charge is 0.481 e. The van der Waals surface area contributed by atoms with E-state index in [1.165, 1.54) is 0 Å². The van der Waals surface area contributed by atoms with Gasteiger partial charge in [-0.1, -0.05) is 90.5 Å². The average Bonchev–Trinajstić information content (AvgIpc) is 3.68. The third kappa shape index (κ3) is 7.18. The van der Waals surface area contributed by atoms with Gasteiger partial charge in [0.2, 0.25) is 0 Å². The van der Waals surface area contributed by atoms with E-state index in [0.717, 1.165) is 38.9 Å². The van der Waals surface area contributed by atoms with Gasteiger partial charge in [0.15, 0.2) is 9.84 Å². The molecule has 0 saturated heterocycles. The standard InChI is InChI=1S/C35H34ClNO4S/c1-24(2)31-9-4-3-7-26(31)13-17-33(42(40,41)23-35(18-19-35)22-34(38)39)28-8-5-6-25(20-28)10-15-30-16-12-27-11-14-29(36)21-32(27)37-30/h3-12,14-16,20-21,33H,1,13,17-19,22-23H2,2H3,(H,38,39)/b15-10+/t33-/m1/s1. The fourth-order valence-corrected chi connectivity index (χ4v) is 8.29. The molecule has 216 valence electrons. The number of hydrogen-bond donors (Lipinski definition) is 1. The molecular weight excluding hydrogens is 566 g/mol. The lowest BCUT2D eigenvalue weighted by molar-refractivity contribution is -0.138. The first kappa shape index (κ1) is 29.7. The second kappa shape index (κ2) is 12.2. The van der Waals surface area contributed by atoms with Gasteiger partial charge in [-0.3, -0.25) is 4.79 Å². The summed E-state index contributed by atoms with van der Waals surface area (Å²) < 4.78 is 28.0. The van der Waals surface area contributed by atoms with E-state index in [0.29, 0.717) is 36.3 Å². The first-order chi connectivity index (χ1) is 20.0. The lowest BCUT2D eigenvalue weighted by Crippen LogP contribution is -2.25. The molecule has 5 rings (SSSR count). The fraction of sp³-hybridized carbons (Fsp3) is 0.257. The molecule has 3 aromatic carbocycles. The number of halogens is 1. The van der Waals surface area contributed by atoms with Crippen LogP contribution in [0, 0.1) is 5.41 Å². The number of aliphatic carboxylic acids is 1. The lowest BCUT2D eigenvalue weighted by atomic mass is 9.96. The number of sulfone groups is 1. The van der Waals surface area contributed by atoms with E-state index in [1.54, 1.807) is 0 Å². The highest BCUT2D eigenvalue weighted by Gasteiger charge is 2.49. The number of carboxylic acid groups (broad SMARTS) is 1. The minimum absolute atomic E-state index is 0.121. The van der Waals surface area contributed by atoms with E-state index in [1.807, 2.05) is 97.9 Å². The Hall–Kier alpha value is -3.74. The van der Waals surface area contributed by atoms with Crippen molar-refractivity contribution in [3.8, 4) is 0 Å². The molecule has 1 N–H and O–H groups in total. The summed E-state index contributed by atoms with van der Waals surface area (Å²) in [5.74, 6) is -1.07. The average molecular weight is 600 g/mol. The van der Waals surface area contributed by atoms with Gasteiger partial charge < -0.3 is 5.11 Å². The number of aryl methyl sites for hydroxylation is 1. The van der Waals surface area contributed by atoms with Crippen molar-refractivity contribution in [1.82, 2.24) is 4.98 Å². The van der Waals surface area contributed by atoms with Crippen LogP contribution in [0.3, 0.4) is 0 Å². The second-order valence-electron chi connectivity index (χ2n) is 11.4. The summed E-state index contributed by atoms with van der Waals surface area (Å²) in [6.45, 7) is 6.04. The minimum atomic E-state index is -3.67. The highest BCUT2D eigenvalue weighted by Crippen LogP contribution is 2.51. The number of fused-ring (bicyclic) bond motifs is 1. The van der Waals surface area contributed by atoms with E-state index in [4.69, 9.17) is 11.6 Å². The van der Waals surface area contributed by atoms with Gasteiger partial charge in [-0.2, -0.15) is 0 Å². The first-order valence-corrected chi connectivity index (χ1v) is 16.1. The van der Waals surface area contributed by atoms with Crippen molar-refractivity contribution in [2.75, 3.05) is 5.75 Å². The lowest BCUT2D eigenvalue weighted by Gasteiger charge is -2.22. The van der Waals surface area contributed by atoms with Gasteiger partial charge in [0, 0.05) is 10.4 Å². The number of rotatable bonds is 12. The number of carboxylic acids is 1. The molecular formula is C35H34ClNO4S. The number of aromatic nitrogens is 1. The normalized spacial score (nSPS) is 15.1. The summed E-state index contributed by atoms with van der Waals surface area (Å²) in [5.41, 5.74) is 5.47. The van der Waals surface area contributed by atoms with Crippen molar-refractivity contribution in [3.05, 3.63) is 118 Å². The van der Waals surface area contributed by atoms with E-state index < -0.39 is 26.5 Å². The summed E-state index contributed by atoms with van der Waals surface area (Å²) in [6.07, 6.45) is 5.89. The molecule has 1 heterocycles. The van der Waals surface area contributed by atoms with Gasteiger partial charge in [-0.05, 0) is 84.6 Å². The molecule has 7 heteroatoms. The molecule has 1 atom stereocenters. The Bertz CT molecular complexity index is 1790. The highest BCUT2D eigenvalue weighted by atomic mass is 35.5. The summed E-state index contributed by atoms with van der Waals surface area (Å²) in [4.78, 5) is 16.2. The molecule has 42 heavy (non-hydrogen) atoms. The van der Waals surface area contributed by atoms with Crippen LogP contribution in [-0.4, -0.2) is 30.2 Å². The van der Waals surface area contributed by atoms with Crippen LogP contribution in [0.2, 0.25) is 5.02 Å². The maximum absolute atomic E-state index is 14.0. The molecule has 1 saturated carbocycles. The van der Waals surface area contributed by atoms with E-state index in [2.05, 4.69) is 11.6 Å². The number of carbonyl (C=O) groups is 1. The van der Waals surface area contributed by atoms with Crippen LogP contribution in [0.25, 0.3) is 28.6 Å². The Labute approximate surface area is 252 Å². The van der Waals surface area contributed by atoms with Gasteiger partial charge >= 0.3 is 5.97 Å². The summed E-state index contributed by atoms with van der Waals surface area (Å²) >= 11 is 6.14. The fourth-order valence-electron chi connectivity index (χ4n) is 5.64. The Morgan fingerprint density at radius 3 is 2.55 bits per heavy atom. The maximum Gasteiger partial charge on any atom is 0.303 e. The Balaban J connectivity index is 1.45. The topological polar surface area (TPSA) is 84.3 Å². The first-order valence-electron chi connectivity index (χ1n) is 14.1. The molecule has 4 aromatic rings. The van der Waals surface area contributed by atoms with Gasteiger partial charge in [0.1, 0.15) is 0 Å². The van der Waals surface area contributed by atoms with Crippen molar-refractivity contribution < 1.29 is 18.3 Å². The number of pyridine rings is 1. The Morgan fingerprint density at radius 1 is 1.05 bits per heavy atom. The van der Waals surface area contributed by atoms with Crippen molar-refractivity contribution in [2.24, 2.45) is 5.41 Å². The maximum atomic E-state index is 14.0. The molecule has 1 aliphatic rings. The van der Waals surface area contributed by atoms with Crippen LogP contribution in [0.5, 0.6) is 0 Å². The van der Waals surface area contributed by atoms with Crippen molar-refractivity contribution >= 4 is 56.0 Å². The molecule has 0 amide bonds. The quantitative estimate of drug-likeness (QED) is 0.177. The number of nitrogens with zero attached hydrogens (tertiary/aromatic N) is 1. The zero-order valence-corrected chi connectivity index (χ0v) is 25.2. The Morgan fingerprint density at radius 2 is 1.81 bits per heavy atom. The van der Waals surface area contributed by atoms with Crippen molar-refractivity contribution in [2.45, 2.75) is 44.3 Å². The molecule has 0 aliphatic heterocycles. The zero-order chi connectivity index (χ0) is 29.9. The predicted octanol–water partition coefficient (Wildman–Crippen LogP) is 8.44. The van der Waals surface area contributed by atoms with Crippen molar-refractivity contribution in [1.29, 1.82) is 0 Å². The molecule has 0 spiro atoms. The monoisotopic (exact) mass is 599 g/mol. The summed E-state index contributed by atoms with van der Waals surface area (Å²) in [7, 11) is -3.67. The number of benzene rings is 3. The molecule has 5 nitrogen and oxygen atoms in total.